The number of fused-ring (bicyclic) bond motifs is 6. The van der Waals surface area contributed by atoms with Gasteiger partial charge in [-0.1, -0.05) is 12.1 Å². The normalized spacial score (nSPS) is 13.3. The maximum absolute atomic E-state index is 5.06. The van der Waals surface area contributed by atoms with Gasteiger partial charge in [-0.3, -0.25) is 15.0 Å². The Kier molecular flexibility index (Phi) is 3.27. The monoisotopic (exact) mass is 383 g/mol. The fourth-order valence-electron chi connectivity index (χ4n) is 3.75. The van der Waals surface area contributed by atoms with Gasteiger partial charge >= 0.3 is 0 Å². The number of hydrogen-bond acceptors (Lipinski definition) is 5. The van der Waals surface area contributed by atoms with Crippen LogP contribution in [-0.2, 0) is 6.42 Å². The van der Waals surface area contributed by atoms with Gasteiger partial charge in [0.1, 0.15) is 0 Å². The third kappa shape index (κ3) is 2.29. The van der Waals surface area contributed by atoms with Crippen LogP contribution in [0.2, 0.25) is 0 Å². The number of thiophene rings is 2. The van der Waals surface area contributed by atoms with Gasteiger partial charge in [-0.05, 0) is 47.3 Å². The van der Waals surface area contributed by atoms with E-state index in [1.807, 2.05) is 35.9 Å². The molecule has 0 atom stereocenters. The first-order chi connectivity index (χ1) is 13.4. The largest absolute Gasteiger partial charge is 0.254 e. The lowest BCUT2D eigenvalue weighted by Gasteiger charge is -2.08. The highest BCUT2D eigenvalue weighted by atomic mass is 32.1. The molecule has 1 aliphatic rings. The van der Waals surface area contributed by atoms with Gasteiger partial charge in [0.25, 0.3) is 0 Å². The first-order valence-corrected chi connectivity index (χ1v) is 10.4. The lowest BCUT2D eigenvalue weighted by atomic mass is 9.99. The zero-order valence-electron chi connectivity index (χ0n) is 14.2. The van der Waals surface area contributed by atoms with Crippen molar-refractivity contribution in [3.8, 4) is 9.75 Å². The summed E-state index contributed by atoms with van der Waals surface area (Å²) in [5.41, 5.74) is 5.36. The van der Waals surface area contributed by atoms with Crippen LogP contribution in [0.3, 0.4) is 0 Å². The van der Waals surface area contributed by atoms with Crippen molar-refractivity contribution >= 4 is 55.9 Å². The predicted octanol–water partition coefficient (Wildman–Crippen LogP) is 6.25. The fraction of sp³-hybridized carbons (Fsp3) is 0.0455. The standard InChI is InChI=1S/C22H13N3S2/c1-4-13-15-12-16(17-7-8-19(27-17)18-6-3-11-26-18)25-20(15)14-5-2-10-24-22(14)21(13)23-9-1/h1-11H,12H2. The Bertz CT molecular complexity index is 1350. The summed E-state index contributed by atoms with van der Waals surface area (Å²) in [5, 5.41) is 4.37. The van der Waals surface area contributed by atoms with Crippen LogP contribution in [0.4, 0.5) is 5.69 Å². The minimum atomic E-state index is 0.840. The molecule has 5 heterocycles. The van der Waals surface area contributed by atoms with Crippen LogP contribution in [-0.4, -0.2) is 15.7 Å². The molecule has 0 bridgehead atoms. The Morgan fingerprint density at radius 1 is 0.741 bits per heavy atom. The van der Waals surface area contributed by atoms with Crippen molar-refractivity contribution in [1.82, 2.24) is 9.97 Å². The number of hydrogen-bond donors (Lipinski definition) is 0. The van der Waals surface area contributed by atoms with Gasteiger partial charge in [0.05, 0.1) is 22.4 Å². The quantitative estimate of drug-likeness (QED) is 0.338. The molecule has 0 radical (unpaired) electrons. The Hall–Kier alpha value is -2.89. The maximum Gasteiger partial charge on any atom is 0.0986 e. The SMILES string of the molecule is c1csc(-c2ccc(C3=Nc4c(c5cccnc5c5ncccc45)C3)s2)c1. The summed E-state index contributed by atoms with van der Waals surface area (Å²) in [7, 11) is 0. The fourth-order valence-corrected chi connectivity index (χ4v) is 5.58. The number of aromatic nitrogens is 2. The number of nitrogens with zero attached hydrogens (tertiary/aromatic N) is 3. The molecular weight excluding hydrogens is 370 g/mol. The van der Waals surface area contributed by atoms with E-state index in [1.54, 1.807) is 11.3 Å². The summed E-state index contributed by atoms with van der Waals surface area (Å²) in [6.45, 7) is 0. The molecule has 0 aliphatic carbocycles. The van der Waals surface area contributed by atoms with Crippen molar-refractivity contribution in [3.05, 3.63) is 76.7 Å². The molecule has 0 saturated heterocycles. The van der Waals surface area contributed by atoms with Crippen LogP contribution >= 0.6 is 22.7 Å². The second-order valence-corrected chi connectivity index (χ2v) is 8.53. The van der Waals surface area contributed by atoms with Gasteiger partial charge in [0.15, 0.2) is 0 Å². The topological polar surface area (TPSA) is 38.1 Å². The lowest BCUT2D eigenvalue weighted by molar-refractivity contribution is 1.35. The molecule has 0 saturated carbocycles. The Balaban J connectivity index is 1.54. The summed E-state index contributed by atoms with van der Waals surface area (Å²) in [5.74, 6) is 0. The number of aliphatic imine (C=N–C) groups is 1. The molecule has 0 spiro atoms. The second kappa shape index (κ2) is 5.81. The minimum Gasteiger partial charge on any atom is -0.254 e. The van der Waals surface area contributed by atoms with Crippen molar-refractivity contribution in [3.63, 3.8) is 0 Å². The molecule has 0 N–H and O–H groups in total. The highest BCUT2D eigenvalue weighted by Crippen LogP contribution is 2.42. The molecule has 27 heavy (non-hydrogen) atoms. The summed E-state index contributed by atoms with van der Waals surface area (Å²) >= 11 is 3.59. The van der Waals surface area contributed by atoms with Crippen LogP contribution in [0.5, 0.6) is 0 Å². The van der Waals surface area contributed by atoms with Crippen molar-refractivity contribution in [2.24, 2.45) is 4.99 Å². The van der Waals surface area contributed by atoms with E-state index >= 15 is 0 Å². The van der Waals surface area contributed by atoms with Gasteiger partial charge in [-0.25, -0.2) is 0 Å². The van der Waals surface area contributed by atoms with Crippen molar-refractivity contribution < 1.29 is 0 Å². The van der Waals surface area contributed by atoms with Crippen LogP contribution in [0.15, 0.2) is 71.3 Å². The third-order valence-electron chi connectivity index (χ3n) is 4.95. The second-order valence-electron chi connectivity index (χ2n) is 6.50. The van der Waals surface area contributed by atoms with Crippen LogP contribution in [0.1, 0.15) is 10.4 Å². The van der Waals surface area contributed by atoms with E-state index in [2.05, 4.69) is 51.7 Å². The summed E-state index contributed by atoms with van der Waals surface area (Å²) in [6.07, 6.45) is 4.51. The average molecular weight is 384 g/mol. The van der Waals surface area contributed by atoms with E-state index < -0.39 is 0 Å². The maximum atomic E-state index is 5.06. The minimum absolute atomic E-state index is 0.840. The summed E-state index contributed by atoms with van der Waals surface area (Å²) in [6, 6.07) is 16.9. The van der Waals surface area contributed by atoms with Gasteiger partial charge < -0.3 is 0 Å². The molecule has 5 aromatic rings. The highest BCUT2D eigenvalue weighted by molar-refractivity contribution is 7.22. The molecule has 0 amide bonds. The Labute approximate surface area is 163 Å². The molecule has 4 aromatic heterocycles. The van der Waals surface area contributed by atoms with Gasteiger partial charge in [-0.15, -0.1) is 22.7 Å². The van der Waals surface area contributed by atoms with E-state index in [0.29, 0.717) is 0 Å². The Morgan fingerprint density at radius 2 is 1.52 bits per heavy atom. The molecule has 1 aliphatic heterocycles. The van der Waals surface area contributed by atoms with E-state index in [9.17, 15) is 0 Å². The molecule has 0 fully saturated rings. The number of rotatable bonds is 2. The van der Waals surface area contributed by atoms with Gasteiger partial charge in [-0.2, -0.15) is 0 Å². The first kappa shape index (κ1) is 15.2. The molecule has 0 unspecified atom stereocenters. The van der Waals surface area contributed by atoms with E-state index in [4.69, 9.17) is 4.99 Å². The van der Waals surface area contributed by atoms with Crippen LogP contribution in [0.25, 0.3) is 31.6 Å². The van der Waals surface area contributed by atoms with Crippen molar-refractivity contribution in [2.75, 3.05) is 0 Å². The molecular formula is C22H13N3S2. The van der Waals surface area contributed by atoms with Crippen LogP contribution < -0.4 is 0 Å². The highest BCUT2D eigenvalue weighted by Gasteiger charge is 2.24. The van der Waals surface area contributed by atoms with E-state index in [0.717, 1.165) is 39.6 Å². The zero-order valence-corrected chi connectivity index (χ0v) is 15.8. The smallest absolute Gasteiger partial charge is 0.0986 e. The molecule has 6 rings (SSSR count). The lowest BCUT2D eigenvalue weighted by Crippen LogP contribution is -1.97. The molecule has 3 nitrogen and oxygen atoms in total. The molecule has 5 heteroatoms. The van der Waals surface area contributed by atoms with Gasteiger partial charge in [0, 0.05) is 44.2 Å². The predicted molar refractivity (Wildman–Crippen MR) is 115 cm³/mol. The molecule has 128 valence electrons. The summed E-state index contributed by atoms with van der Waals surface area (Å²) in [4.78, 5) is 18.1. The van der Waals surface area contributed by atoms with Crippen LogP contribution in [0, 0.1) is 0 Å². The third-order valence-corrected chi connectivity index (χ3v) is 7.15. The van der Waals surface area contributed by atoms with E-state index in [1.165, 1.54) is 20.2 Å². The summed E-state index contributed by atoms with van der Waals surface area (Å²) < 4.78 is 0. The Morgan fingerprint density at radius 3 is 2.33 bits per heavy atom. The average Bonchev–Trinajstić information content (AvgIpc) is 3.47. The van der Waals surface area contributed by atoms with Crippen molar-refractivity contribution in [1.29, 1.82) is 0 Å². The van der Waals surface area contributed by atoms with Crippen molar-refractivity contribution in [2.45, 2.75) is 6.42 Å². The first-order valence-electron chi connectivity index (χ1n) is 8.74. The number of benzene rings is 1. The number of pyridine rings is 2. The zero-order chi connectivity index (χ0) is 17.8. The van der Waals surface area contributed by atoms with Gasteiger partial charge in [0.2, 0.25) is 0 Å². The molecule has 1 aromatic carbocycles. The van der Waals surface area contributed by atoms with E-state index in [-0.39, 0.29) is 0 Å².